The Morgan fingerprint density at radius 3 is 2.74 bits per heavy atom. The van der Waals surface area contributed by atoms with Crippen LogP contribution in [0.1, 0.15) is 19.4 Å². The average Bonchev–Trinajstić information content (AvgIpc) is 3.25. The molecule has 0 unspecified atom stereocenters. The van der Waals surface area contributed by atoms with Gasteiger partial charge in [0.15, 0.2) is 5.65 Å². The highest BCUT2D eigenvalue weighted by Gasteiger charge is 2.24. The second kappa shape index (κ2) is 6.06. The maximum atomic E-state index is 5.85. The van der Waals surface area contributed by atoms with E-state index in [0.29, 0.717) is 0 Å². The molecule has 138 valence electrons. The lowest BCUT2D eigenvalue weighted by Crippen LogP contribution is -2.46. The second-order valence-corrected chi connectivity index (χ2v) is 7.39. The van der Waals surface area contributed by atoms with Gasteiger partial charge < -0.3 is 9.64 Å². The van der Waals surface area contributed by atoms with Crippen LogP contribution in [0.4, 0.5) is 5.82 Å². The number of morpholine rings is 1. The highest BCUT2D eigenvalue weighted by Crippen LogP contribution is 2.28. The van der Waals surface area contributed by atoms with Crippen LogP contribution in [0.3, 0.4) is 0 Å². The van der Waals surface area contributed by atoms with Crippen molar-refractivity contribution in [2.24, 2.45) is 0 Å². The highest BCUT2D eigenvalue weighted by atomic mass is 16.5. The number of fused-ring (bicyclic) bond motifs is 2. The number of anilines is 1. The minimum Gasteiger partial charge on any atom is -0.372 e. The van der Waals surface area contributed by atoms with E-state index in [0.717, 1.165) is 52.3 Å². The number of rotatable bonds is 2. The quantitative estimate of drug-likeness (QED) is 0.593. The van der Waals surface area contributed by atoms with E-state index in [4.69, 9.17) is 9.84 Å². The van der Waals surface area contributed by atoms with Crippen LogP contribution < -0.4 is 4.90 Å². The van der Waals surface area contributed by atoms with Gasteiger partial charge in [0.25, 0.3) is 0 Å². The number of nitrogens with one attached hydrogen (secondary N) is 1. The van der Waals surface area contributed by atoms with Crippen LogP contribution in [0.15, 0.2) is 36.7 Å². The van der Waals surface area contributed by atoms with Gasteiger partial charge in [-0.25, -0.2) is 9.50 Å². The number of H-pyrrole nitrogens is 1. The first-order chi connectivity index (χ1) is 13.1. The third kappa shape index (κ3) is 2.75. The molecule has 1 aromatic carbocycles. The number of hydrogen-bond acceptors (Lipinski definition) is 5. The van der Waals surface area contributed by atoms with E-state index in [1.165, 1.54) is 0 Å². The molecule has 0 bridgehead atoms. The van der Waals surface area contributed by atoms with Crippen molar-refractivity contribution in [3.63, 3.8) is 0 Å². The molecule has 1 aliphatic rings. The minimum absolute atomic E-state index is 0.194. The lowest BCUT2D eigenvalue weighted by Gasteiger charge is -2.35. The molecule has 0 saturated carbocycles. The molecule has 0 radical (unpaired) electrons. The van der Waals surface area contributed by atoms with Gasteiger partial charge in [-0.3, -0.25) is 5.10 Å². The Kier molecular flexibility index (Phi) is 3.65. The summed E-state index contributed by atoms with van der Waals surface area (Å²) in [5.41, 5.74) is 5.14. The first-order valence-electron chi connectivity index (χ1n) is 9.28. The Hall–Kier alpha value is -2.93. The van der Waals surface area contributed by atoms with Gasteiger partial charge in [-0.1, -0.05) is 0 Å². The van der Waals surface area contributed by atoms with Crippen molar-refractivity contribution in [2.45, 2.75) is 33.0 Å². The molecule has 0 spiro atoms. The van der Waals surface area contributed by atoms with Crippen LogP contribution in [0.2, 0.25) is 0 Å². The van der Waals surface area contributed by atoms with Crippen LogP contribution >= 0.6 is 0 Å². The Morgan fingerprint density at radius 2 is 1.93 bits per heavy atom. The number of aromatic amines is 1. The molecule has 2 atom stereocenters. The van der Waals surface area contributed by atoms with Gasteiger partial charge in [0.2, 0.25) is 0 Å². The molecule has 0 amide bonds. The molecule has 1 N–H and O–H groups in total. The zero-order valence-electron chi connectivity index (χ0n) is 15.7. The molecule has 27 heavy (non-hydrogen) atoms. The van der Waals surface area contributed by atoms with Gasteiger partial charge in [0, 0.05) is 24.0 Å². The Bertz CT molecular complexity index is 1120. The molecule has 7 nitrogen and oxygen atoms in total. The van der Waals surface area contributed by atoms with Gasteiger partial charge in [-0.15, -0.1) is 5.10 Å². The van der Waals surface area contributed by atoms with Gasteiger partial charge in [0.1, 0.15) is 5.82 Å². The van der Waals surface area contributed by atoms with Crippen LogP contribution in [-0.4, -0.2) is 50.1 Å². The second-order valence-electron chi connectivity index (χ2n) is 7.39. The molecule has 1 fully saturated rings. The largest absolute Gasteiger partial charge is 0.372 e. The van der Waals surface area contributed by atoms with Gasteiger partial charge >= 0.3 is 0 Å². The molecule has 3 aromatic heterocycles. The molecule has 0 aliphatic carbocycles. The van der Waals surface area contributed by atoms with E-state index < -0.39 is 0 Å². The fourth-order valence-corrected chi connectivity index (χ4v) is 3.96. The molecule has 5 rings (SSSR count). The lowest BCUT2D eigenvalue weighted by atomic mass is 10.0. The summed E-state index contributed by atoms with van der Waals surface area (Å²) in [6.07, 6.45) is 4.13. The normalized spacial score (nSPS) is 20.6. The smallest absolute Gasteiger partial charge is 0.154 e. The molecule has 1 saturated heterocycles. The Morgan fingerprint density at radius 1 is 1.11 bits per heavy atom. The number of hydrogen-bond donors (Lipinski definition) is 1. The lowest BCUT2D eigenvalue weighted by molar-refractivity contribution is -0.00551. The third-order valence-electron chi connectivity index (χ3n) is 5.15. The van der Waals surface area contributed by atoms with Crippen molar-refractivity contribution in [1.82, 2.24) is 24.8 Å². The van der Waals surface area contributed by atoms with Gasteiger partial charge in [-0.05, 0) is 50.6 Å². The minimum atomic E-state index is 0.194. The third-order valence-corrected chi connectivity index (χ3v) is 5.15. The van der Waals surface area contributed by atoms with E-state index in [1.807, 2.05) is 29.0 Å². The van der Waals surface area contributed by atoms with Crippen molar-refractivity contribution in [3.8, 4) is 11.3 Å². The van der Waals surface area contributed by atoms with Crippen LogP contribution in [0.5, 0.6) is 0 Å². The topological polar surface area (TPSA) is 71.3 Å². The van der Waals surface area contributed by atoms with Crippen LogP contribution in [0, 0.1) is 6.92 Å². The van der Waals surface area contributed by atoms with E-state index in [1.54, 1.807) is 0 Å². The molecule has 1 aliphatic heterocycles. The summed E-state index contributed by atoms with van der Waals surface area (Å²) in [4.78, 5) is 6.84. The summed E-state index contributed by atoms with van der Waals surface area (Å²) in [7, 11) is 0. The van der Waals surface area contributed by atoms with Crippen molar-refractivity contribution in [3.05, 3.63) is 42.2 Å². The van der Waals surface area contributed by atoms with E-state index in [9.17, 15) is 0 Å². The standard InChI is InChI=1S/C20H22N6O/c1-12-6-17-15(8-22-23-17)7-16(12)18-9-21-19-4-5-20(24-26(18)19)25-10-13(2)27-14(3)11-25/h4-9,13-14H,10-11H2,1-3H3,(H,22,23)/t13-,14+. The first-order valence-corrected chi connectivity index (χ1v) is 9.28. The van der Waals surface area contributed by atoms with E-state index >= 15 is 0 Å². The molecule has 4 heterocycles. The molecular weight excluding hydrogens is 340 g/mol. The number of aryl methyl sites for hydroxylation is 1. The molecule has 4 aromatic rings. The fraction of sp³-hybridized carbons (Fsp3) is 0.350. The van der Waals surface area contributed by atoms with Gasteiger partial charge in [-0.2, -0.15) is 5.10 Å². The summed E-state index contributed by atoms with van der Waals surface area (Å²) in [5, 5.41) is 13.2. The average molecular weight is 362 g/mol. The number of aromatic nitrogens is 5. The van der Waals surface area contributed by atoms with Crippen molar-refractivity contribution in [1.29, 1.82) is 0 Å². The van der Waals surface area contributed by atoms with E-state index in [2.05, 4.69) is 53.0 Å². The number of nitrogens with zero attached hydrogens (tertiary/aromatic N) is 5. The fourth-order valence-electron chi connectivity index (χ4n) is 3.96. The first kappa shape index (κ1) is 16.3. The highest BCUT2D eigenvalue weighted by molar-refractivity contribution is 5.85. The predicted molar refractivity (Wildman–Crippen MR) is 105 cm³/mol. The molecular formula is C20H22N6O. The number of imidazole rings is 1. The Labute approximate surface area is 157 Å². The maximum Gasteiger partial charge on any atom is 0.154 e. The summed E-state index contributed by atoms with van der Waals surface area (Å²) in [6, 6.07) is 8.34. The summed E-state index contributed by atoms with van der Waals surface area (Å²) in [6.45, 7) is 7.99. The number of ether oxygens (including phenoxy) is 1. The summed E-state index contributed by atoms with van der Waals surface area (Å²) < 4.78 is 7.79. The van der Waals surface area contributed by atoms with E-state index in [-0.39, 0.29) is 12.2 Å². The van der Waals surface area contributed by atoms with Crippen molar-refractivity contribution in [2.75, 3.05) is 18.0 Å². The van der Waals surface area contributed by atoms with Crippen molar-refractivity contribution >= 4 is 22.4 Å². The predicted octanol–water partition coefficient (Wildman–Crippen LogP) is 3.19. The Balaban J connectivity index is 1.62. The number of benzene rings is 1. The summed E-state index contributed by atoms with van der Waals surface area (Å²) in [5.74, 6) is 0.950. The monoisotopic (exact) mass is 362 g/mol. The SMILES string of the molecule is Cc1cc2[nH]ncc2cc1-c1cnc2ccc(N3C[C@@H](C)O[C@@H](C)C3)nn12. The summed E-state index contributed by atoms with van der Waals surface area (Å²) >= 11 is 0. The van der Waals surface area contributed by atoms with Crippen molar-refractivity contribution < 1.29 is 4.74 Å². The zero-order chi connectivity index (χ0) is 18.5. The van der Waals surface area contributed by atoms with Crippen LogP contribution in [-0.2, 0) is 4.74 Å². The van der Waals surface area contributed by atoms with Crippen LogP contribution in [0.25, 0.3) is 27.8 Å². The zero-order valence-corrected chi connectivity index (χ0v) is 15.7. The maximum absolute atomic E-state index is 5.85. The van der Waals surface area contributed by atoms with Gasteiger partial charge in [0.05, 0.1) is 35.8 Å². The molecule has 7 heteroatoms.